The molecule has 1 N–H and O–H groups in total. The lowest BCUT2D eigenvalue weighted by atomic mass is 9.85. The number of benzene rings is 1. The Balaban J connectivity index is 2.83. The Kier molecular flexibility index (Phi) is 5.18. The lowest BCUT2D eigenvalue weighted by molar-refractivity contribution is 0.408. The highest BCUT2D eigenvalue weighted by Gasteiger charge is 2.15. The fraction of sp³-hybridized carbons (Fsp3) is 0.533. The maximum absolute atomic E-state index is 8.48. The van der Waals surface area contributed by atoms with Crippen molar-refractivity contribution in [2.24, 2.45) is 0 Å². The van der Waals surface area contributed by atoms with Crippen molar-refractivity contribution in [1.29, 1.82) is 5.26 Å². The lowest BCUT2D eigenvalue weighted by Gasteiger charge is -2.21. The van der Waals surface area contributed by atoms with Gasteiger partial charge in [0.1, 0.15) is 5.75 Å². The molecule has 0 aliphatic carbocycles. The second kappa shape index (κ2) is 6.42. The van der Waals surface area contributed by atoms with E-state index in [1.165, 1.54) is 11.1 Å². The van der Waals surface area contributed by atoms with Gasteiger partial charge in [0.05, 0.1) is 19.7 Å². The Hall–Kier alpha value is -1.53. The zero-order chi connectivity index (χ0) is 13.6. The molecule has 0 bridgehead atoms. The highest BCUT2D eigenvalue weighted by atomic mass is 16.5. The van der Waals surface area contributed by atoms with Gasteiger partial charge in [0, 0.05) is 6.54 Å². The monoisotopic (exact) mass is 246 g/mol. The van der Waals surface area contributed by atoms with Crippen LogP contribution in [0, 0.1) is 11.3 Å². The van der Waals surface area contributed by atoms with Crippen molar-refractivity contribution in [3.8, 4) is 11.8 Å². The van der Waals surface area contributed by atoms with Crippen LogP contribution in [0.2, 0.25) is 0 Å². The molecule has 1 rings (SSSR count). The summed E-state index contributed by atoms with van der Waals surface area (Å²) in [5, 5.41) is 11.6. The van der Waals surface area contributed by atoms with E-state index in [2.05, 4.69) is 44.3 Å². The Morgan fingerprint density at radius 2 is 2.06 bits per heavy atom. The van der Waals surface area contributed by atoms with Gasteiger partial charge >= 0.3 is 0 Å². The van der Waals surface area contributed by atoms with Gasteiger partial charge in [0.25, 0.3) is 0 Å². The summed E-state index contributed by atoms with van der Waals surface area (Å²) in [5.74, 6) is 0.918. The topological polar surface area (TPSA) is 45.0 Å². The SMILES string of the molecule is COc1ccc(C(C)(C)C)cc1CCNCC#N. The minimum atomic E-state index is 0.140. The van der Waals surface area contributed by atoms with Crippen molar-refractivity contribution in [2.45, 2.75) is 32.6 Å². The van der Waals surface area contributed by atoms with Crippen LogP contribution in [0.15, 0.2) is 18.2 Å². The van der Waals surface area contributed by atoms with Gasteiger partial charge in [-0.3, -0.25) is 0 Å². The lowest BCUT2D eigenvalue weighted by Crippen LogP contribution is -2.18. The quantitative estimate of drug-likeness (QED) is 0.641. The first kappa shape index (κ1) is 14.5. The average molecular weight is 246 g/mol. The summed E-state index contributed by atoms with van der Waals surface area (Å²) in [4.78, 5) is 0. The van der Waals surface area contributed by atoms with Crippen LogP contribution in [0.3, 0.4) is 0 Å². The highest BCUT2D eigenvalue weighted by Crippen LogP contribution is 2.28. The molecule has 1 aromatic carbocycles. The number of methoxy groups -OCH3 is 1. The molecule has 0 heterocycles. The van der Waals surface area contributed by atoms with Crippen LogP contribution < -0.4 is 10.1 Å². The molecule has 0 aliphatic rings. The third-order valence-corrected chi connectivity index (χ3v) is 2.92. The number of hydrogen-bond donors (Lipinski definition) is 1. The van der Waals surface area contributed by atoms with Crippen molar-refractivity contribution in [1.82, 2.24) is 5.32 Å². The summed E-state index contributed by atoms with van der Waals surface area (Å²) >= 11 is 0. The van der Waals surface area contributed by atoms with Gasteiger partial charge in [-0.1, -0.05) is 32.9 Å². The second-order valence-corrected chi connectivity index (χ2v) is 5.36. The summed E-state index contributed by atoms with van der Waals surface area (Å²) in [6.07, 6.45) is 0.870. The van der Waals surface area contributed by atoms with Crippen molar-refractivity contribution in [3.63, 3.8) is 0 Å². The van der Waals surface area contributed by atoms with E-state index in [1.807, 2.05) is 6.07 Å². The summed E-state index contributed by atoms with van der Waals surface area (Å²) in [7, 11) is 1.69. The van der Waals surface area contributed by atoms with Crippen molar-refractivity contribution < 1.29 is 4.74 Å². The molecule has 0 aromatic heterocycles. The van der Waals surface area contributed by atoms with Crippen molar-refractivity contribution in [3.05, 3.63) is 29.3 Å². The molecule has 0 fully saturated rings. The van der Waals surface area contributed by atoms with Crippen LogP contribution >= 0.6 is 0 Å². The van der Waals surface area contributed by atoms with E-state index in [1.54, 1.807) is 7.11 Å². The minimum Gasteiger partial charge on any atom is -0.496 e. The Bertz CT molecular complexity index is 427. The zero-order valence-electron chi connectivity index (χ0n) is 11.7. The van der Waals surface area contributed by atoms with Gasteiger partial charge in [-0.2, -0.15) is 5.26 Å². The van der Waals surface area contributed by atoms with Gasteiger partial charge in [0.2, 0.25) is 0 Å². The fourth-order valence-electron chi connectivity index (χ4n) is 1.81. The predicted octanol–water partition coefficient (Wildman–Crippen LogP) is 2.65. The molecule has 0 unspecified atom stereocenters. The second-order valence-electron chi connectivity index (χ2n) is 5.36. The van der Waals surface area contributed by atoms with Gasteiger partial charge < -0.3 is 10.1 Å². The van der Waals surface area contributed by atoms with Crippen LogP contribution in [0.25, 0.3) is 0 Å². The highest BCUT2D eigenvalue weighted by molar-refractivity contribution is 5.39. The van der Waals surface area contributed by atoms with E-state index < -0.39 is 0 Å². The van der Waals surface area contributed by atoms with Gasteiger partial charge in [0.15, 0.2) is 0 Å². The number of ether oxygens (including phenoxy) is 1. The molecule has 0 saturated heterocycles. The Morgan fingerprint density at radius 1 is 1.33 bits per heavy atom. The average Bonchev–Trinajstić information content (AvgIpc) is 2.33. The maximum atomic E-state index is 8.48. The van der Waals surface area contributed by atoms with E-state index in [9.17, 15) is 0 Å². The first-order valence-electron chi connectivity index (χ1n) is 6.24. The van der Waals surface area contributed by atoms with E-state index in [0.717, 1.165) is 18.7 Å². The largest absolute Gasteiger partial charge is 0.496 e. The maximum Gasteiger partial charge on any atom is 0.122 e. The number of hydrogen-bond acceptors (Lipinski definition) is 3. The summed E-state index contributed by atoms with van der Waals surface area (Å²) in [6, 6.07) is 8.42. The molecule has 3 heteroatoms. The smallest absolute Gasteiger partial charge is 0.122 e. The fourth-order valence-corrected chi connectivity index (χ4v) is 1.81. The van der Waals surface area contributed by atoms with Crippen LogP contribution in [0.4, 0.5) is 0 Å². The summed E-state index contributed by atoms with van der Waals surface area (Å²) in [5.41, 5.74) is 2.63. The van der Waals surface area contributed by atoms with E-state index in [4.69, 9.17) is 10.00 Å². The predicted molar refractivity (Wildman–Crippen MR) is 73.9 cm³/mol. The van der Waals surface area contributed by atoms with E-state index in [-0.39, 0.29) is 5.41 Å². The first-order valence-corrected chi connectivity index (χ1v) is 6.24. The number of nitrogens with one attached hydrogen (secondary N) is 1. The number of nitriles is 1. The molecule has 0 radical (unpaired) electrons. The third kappa shape index (κ3) is 4.05. The first-order chi connectivity index (χ1) is 8.49. The van der Waals surface area contributed by atoms with Crippen LogP contribution in [0.1, 0.15) is 31.9 Å². The Labute approximate surface area is 110 Å². The van der Waals surface area contributed by atoms with Gasteiger partial charge in [-0.05, 0) is 29.0 Å². The standard InChI is InChI=1S/C15H22N2O/c1-15(2,3)13-5-6-14(18-4)12(11-13)7-9-17-10-8-16/h5-6,11,17H,7,9-10H2,1-4H3. The molecule has 0 amide bonds. The van der Waals surface area contributed by atoms with Crippen LogP contribution in [-0.4, -0.2) is 20.2 Å². The molecule has 0 saturated carbocycles. The number of rotatable bonds is 5. The normalized spacial score (nSPS) is 11.1. The number of nitrogens with zero attached hydrogens (tertiary/aromatic N) is 1. The molecule has 0 atom stereocenters. The van der Waals surface area contributed by atoms with E-state index >= 15 is 0 Å². The van der Waals surface area contributed by atoms with Crippen LogP contribution in [-0.2, 0) is 11.8 Å². The minimum absolute atomic E-state index is 0.140. The summed E-state index contributed by atoms with van der Waals surface area (Å²) in [6.45, 7) is 7.78. The summed E-state index contributed by atoms with van der Waals surface area (Å²) < 4.78 is 5.38. The van der Waals surface area contributed by atoms with E-state index in [0.29, 0.717) is 6.54 Å². The molecule has 0 spiro atoms. The third-order valence-electron chi connectivity index (χ3n) is 2.92. The van der Waals surface area contributed by atoms with Crippen LogP contribution in [0.5, 0.6) is 5.75 Å². The van der Waals surface area contributed by atoms with Crippen molar-refractivity contribution >= 4 is 0 Å². The molecule has 3 nitrogen and oxygen atoms in total. The van der Waals surface area contributed by atoms with Gasteiger partial charge in [-0.15, -0.1) is 0 Å². The molecule has 18 heavy (non-hydrogen) atoms. The molecule has 1 aromatic rings. The zero-order valence-corrected chi connectivity index (χ0v) is 11.7. The molecular weight excluding hydrogens is 224 g/mol. The molecule has 0 aliphatic heterocycles. The molecular formula is C15H22N2O. The molecule has 98 valence electrons. The Morgan fingerprint density at radius 3 is 2.61 bits per heavy atom. The van der Waals surface area contributed by atoms with Gasteiger partial charge in [-0.25, -0.2) is 0 Å². The van der Waals surface area contributed by atoms with Crippen molar-refractivity contribution in [2.75, 3.05) is 20.2 Å².